The maximum absolute atomic E-state index is 12.0. The van der Waals surface area contributed by atoms with Gasteiger partial charge < -0.3 is 45.5 Å². The maximum Gasteiger partial charge on any atom is 0.407 e. The van der Waals surface area contributed by atoms with E-state index in [4.69, 9.17) is 5.11 Å². The van der Waals surface area contributed by atoms with Crippen LogP contribution in [0.4, 0.5) is 9.59 Å². The number of carbonyl (C=O) groups is 4. The Hall–Kier alpha value is -2.72. The molecule has 1 heterocycles. The lowest BCUT2D eigenvalue weighted by Gasteiger charge is -2.40. The van der Waals surface area contributed by atoms with Crippen molar-refractivity contribution in [2.24, 2.45) is 0 Å². The number of hydrogen-bond acceptors (Lipinski definition) is 9. The first kappa shape index (κ1) is 31.3. The fourth-order valence-electron chi connectivity index (χ4n) is 4.33. The summed E-state index contributed by atoms with van der Waals surface area (Å²) in [4.78, 5) is 51.9. The topological polar surface area (TPSA) is 223 Å². The molecule has 2 amide bonds. The van der Waals surface area contributed by atoms with Gasteiger partial charge in [0, 0.05) is 58.3 Å². The Kier molecular flexibility index (Phi) is 13.4. The van der Waals surface area contributed by atoms with Crippen LogP contribution in [0, 0.1) is 0 Å². The van der Waals surface area contributed by atoms with E-state index < -0.39 is 61.6 Å². The van der Waals surface area contributed by atoms with Crippen molar-refractivity contribution < 1.29 is 54.9 Å². The molecular formula is C21H38N4O11. The lowest BCUT2D eigenvalue weighted by molar-refractivity contribution is -0.145. The molecule has 36 heavy (non-hydrogen) atoms. The summed E-state index contributed by atoms with van der Waals surface area (Å²) in [6.07, 6.45) is -4.06. The van der Waals surface area contributed by atoms with Crippen LogP contribution in [-0.2, 0) is 9.59 Å². The number of amides is 2. The summed E-state index contributed by atoms with van der Waals surface area (Å²) in [7, 11) is 0. The minimum absolute atomic E-state index is 0.00966. The Morgan fingerprint density at radius 3 is 1.86 bits per heavy atom. The zero-order chi connectivity index (χ0) is 27.4. The summed E-state index contributed by atoms with van der Waals surface area (Å²) in [6.45, 7) is -0.0329. The fraction of sp³-hybridized carbons (Fsp3) is 0.810. The van der Waals surface area contributed by atoms with Crippen molar-refractivity contribution in [2.45, 2.75) is 50.4 Å². The molecule has 4 unspecified atom stereocenters. The van der Waals surface area contributed by atoms with Gasteiger partial charge in [-0.05, 0) is 19.8 Å². The zero-order valence-electron chi connectivity index (χ0n) is 20.3. The Bertz CT molecular complexity index is 741. The van der Waals surface area contributed by atoms with Gasteiger partial charge in [0.1, 0.15) is 6.04 Å². The molecule has 0 aromatic rings. The van der Waals surface area contributed by atoms with E-state index in [1.165, 1.54) is 9.80 Å². The van der Waals surface area contributed by atoms with Crippen molar-refractivity contribution in [3.63, 3.8) is 0 Å². The molecule has 0 saturated carbocycles. The summed E-state index contributed by atoms with van der Waals surface area (Å²) in [5, 5.41) is 67.3. The van der Waals surface area contributed by atoms with Gasteiger partial charge in [0.15, 0.2) is 0 Å². The third-order valence-corrected chi connectivity index (χ3v) is 6.38. The lowest BCUT2D eigenvalue weighted by Crippen LogP contribution is -2.57. The molecule has 1 fully saturated rings. The summed E-state index contributed by atoms with van der Waals surface area (Å²) in [6, 6.07) is -2.76. The van der Waals surface area contributed by atoms with Crippen LogP contribution in [0.25, 0.3) is 0 Å². The molecule has 1 saturated heterocycles. The largest absolute Gasteiger partial charge is 0.481 e. The number of aliphatic hydroxyl groups is 3. The van der Waals surface area contributed by atoms with E-state index in [1.54, 1.807) is 6.92 Å². The van der Waals surface area contributed by atoms with Gasteiger partial charge >= 0.3 is 24.1 Å². The van der Waals surface area contributed by atoms with Crippen molar-refractivity contribution in [3.05, 3.63) is 0 Å². The molecule has 1 aliphatic heterocycles. The van der Waals surface area contributed by atoms with Crippen LogP contribution in [0.2, 0.25) is 0 Å². The molecular weight excluding hydrogens is 484 g/mol. The number of aliphatic carboxylic acids is 2. The van der Waals surface area contributed by atoms with E-state index in [0.717, 1.165) is 9.80 Å². The Balaban J connectivity index is 3.26. The third kappa shape index (κ3) is 9.73. The third-order valence-electron chi connectivity index (χ3n) is 6.38. The van der Waals surface area contributed by atoms with Crippen molar-refractivity contribution in [2.75, 3.05) is 59.0 Å². The molecule has 15 nitrogen and oxygen atoms in total. The molecule has 0 radical (unpaired) electrons. The van der Waals surface area contributed by atoms with Crippen LogP contribution in [0.1, 0.15) is 26.2 Å². The van der Waals surface area contributed by atoms with Gasteiger partial charge in [0.25, 0.3) is 0 Å². The molecule has 0 aromatic heterocycles. The van der Waals surface area contributed by atoms with Crippen LogP contribution in [0.5, 0.6) is 0 Å². The van der Waals surface area contributed by atoms with Crippen LogP contribution >= 0.6 is 0 Å². The molecule has 0 bridgehead atoms. The molecule has 208 valence electrons. The van der Waals surface area contributed by atoms with Crippen molar-refractivity contribution >= 4 is 24.1 Å². The fourth-order valence-corrected chi connectivity index (χ4v) is 4.33. The van der Waals surface area contributed by atoms with Crippen molar-refractivity contribution in [1.29, 1.82) is 0 Å². The molecule has 4 atom stereocenters. The van der Waals surface area contributed by atoms with Crippen molar-refractivity contribution in [1.82, 2.24) is 19.6 Å². The lowest BCUT2D eigenvalue weighted by atomic mass is 10.1. The average Bonchev–Trinajstić information content (AvgIpc) is 2.79. The van der Waals surface area contributed by atoms with Gasteiger partial charge in [0.2, 0.25) is 0 Å². The highest BCUT2D eigenvalue weighted by atomic mass is 16.4. The van der Waals surface area contributed by atoms with Gasteiger partial charge in [-0.1, -0.05) is 0 Å². The molecule has 0 aromatic carbocycles. The first-order chi connectivity index (χ1) is 16.9. The predicted molar refractivity (Wildman–Crippen MR) is 124 cm³/mol. The Morgan fingerprint density at radius 1 is 0.833 bits per heavy atom. The monoisotopic (exact) mass is 522 g/mol. The van der Waals surface area contributed by atoms with Gasteiger partial charge in [-0.25, -0.2) is 9.59 Å². The minimum atomic E-state index is -1.34. The zero-order valence-corrected chi connectivity index (χ0v) is 20.3. The minimum Gasteiger partial charge on any atom is -0.481 e. The second kappa shape index (κ2) is 15.4. The summed E-state index contributed by atoms with van der Waals surface area (Å²) in [5.74, 6) is -2.30. The van der Waals surface area contributed by atoms with Gasteiger partial charge in [-0.3, -0.25) is 19.4 Å². The molecule has 0 aliphatic carbocycles. The number of hydrogen-bond donors (Lipinski definition) is 7. The predicted octanol–water partition coefficient (Wildman–Crippen LogP) is -1.63. The first-order valence-electron chi connectivity index (χ1n) is 11.7. The number of aliphatic hydroxyl groups excluding tert-OH is 3. The summed E-state index contributed by atoms with van der Waals surface area (Å²) < 4.78 is 0. The summed E-state index contributed by atoms with van der Waals surface area (Å²) in [5.41, 5.74) is 0. The number of rotatable bonds is 10. The van der Waals surface area contributed by atoms with E-state index in [9.17, 15) is 49.8 Å². The highest BCUT2D eigenvalue weighted by Gasteiger charge is 2.33. The summed E-state index contributed by atoms with van der Waals surface area (Å²) >= 11 is 0. The highest BCUT2D eigenvalue weighted by molar-refractivity contribution is 5.74. The van der Waals surface area contributed by atoms with Gasteiger partial charge in [-0.2, -0.15) is 0 Å². The SMILES string of the molecule is CC1CN(C(=O)O)CCN(C(CO)C(O)CO)CCN(C(=O)O)CCN1C(CCCC(=O)O)C(=O)O. The Labute approximate surface area is 208 Å². The van der Waals surface area contributed by atoms with Gasteiger partial charge in [0.05, 0.1) is 25.4 Å². The normalized spacial score (nSPS) is 21.6. The highest BCUT2D eigenvalue weighted by Crippen LogP contribution is 2.16. The maximum atomic E-state index is 12.0. The van der Waals surface area contributed by atoms with E-state index >= 15 is 0 Å². The van der Waals surface area contributed by atoms with Gasteiger partial charge in [-0.15, -0.1) is 0 Å². The number of carboxylic acid groups (broad SMARTS) is 4. The van der Waals surface area contributed by atoms with E-state index in [2.05, 4.69) is 0 Å². The van der Waals surface area contributed by atoms with Crippen LogP contribution in [-0.4, -0.2) is 163 Å². The smallest absolute Gasteiger partial charge is 0.407 e. The average molecular weight is 523 g/mol. The van der Waals surface area contributed by atoms with E-state index in [0.29, 0.717) is 0 Å². The number of carboxylic acids is 2. The van der Waals surface area contributed by atoms with Crippen LogP contribution < -0.4 is 0 Å². The molecule has 1 aliphatic rings. The van der Waals surface area contributed by atoms with E-state index in [-0.39, 0.29) is 65.1 Å². The Morgan fingerprint density at radius 2 is 1.39 bits per heavy atom. The molecule has 7 N–H and O–H groups in total. The van der Waals surface area contributed by atoms with E-state index in [1.807, 2.05) is 0 Å². The second-order valence-corrected chi connectivity index (χ2v) is 8.76. The quantitative estimate of drug-likeness (QED) is 0.171. The molecule has 15 heteroatoms. The second-order valence-electron chi connectivity index (χ2n) is 8.76. The first-order valence-corrected chi connectivity index (χ1v) is 11.7. The molecule has 1 rings (SSSR count). The van der Waals surface area contributed by atoms with Crippen LogP contribution in [0.15, 0.2) is 0 Å². The molecule has 0 spiro atoms. The van der Waals surface area contributed by atoms with Crippen LogP contribution in [0.3, 0.4) is 0 Å². The van der Waals surface area contributed by atoms with Crippen molar-refractivity contribution in [3.8, 4) is 0 Å². The standard InChI is InChI=1S/C21H38N4O11/c1-14-11-24(21(35)36)8-6-22(16(12-26)17(28)13-27)5-7-23(20(33)34)9-10-25(14)15(19(31)32)3-2-4-18(29)30/h14-17,26-28H,2-13H2,1H3,(H,29,30)(H,31,32)(H,33,34)(H,35,36). The number of nitrogens with zero attached hydrogens (tertiary/aromatic N) is 4.